The van der Waals surface area contributed by atoms with Crippen molar-refractivity contribution in [3.63, 3.8) is 0 Å². The molecule has 2 heteroatoms. The Hall–Kier alpha value is -0.0538. The summed E-state index contributed by atoms with van der Waals surface area (Å²) in [4.78, 5) is 0. The summed E-state index contributed by atoms with van der Waals surface area (Å²) in [7, 11) is 0. The summed E-state index contributed by atoms with van der Waals surface area (Å²) in [5.74, 6) is 0. The standard InChI is InChI=1S/C7H8.Mg.H2O.2H/c1-7-5-3-2-4-6-7;;;;/h2-6H,1H3;;1H2;;. The lowest BCUT2D eigenvalue weighted by atomic mass is 10.2. The molecule has 0 aliphatic carbocycles. The third-order valence-electron chi connectivity index (χ3n) is 0.940. The maximum absolute atomic E-state index is 2.08. The summed E-state index contributed by atoms with van der Waals surface area (Å²) < 4.78 is 0. The average molecular weight is 136 g/mol. The molecule has 0 spiro atoms. The summed E-state index contributed by atoms with van der Waals surface area (Å²) >= 11 is 0. The Bertz CT molecular complexity index is 139. The first kappa shape index (κ1) is 11.7. The van der Waals surface area contributed by atoms with Crippen LogP contribution in [0.15, 0.2) is 30.3 Å². The van der Waals surface area contributed by atoms with Crippen molar-refractivity contribution < 1.29 is 5.48 Å². The Labute approximate surface area is 71.5 Å². The van der Waals surface area contributed by atoms with E-state index in [1.165, 1.54) is 5.56 Å². The van der Waals surface area contributed by atoms with Crippen molar-refractivity contribution in [2.75, 3.05) is 0 Å². The van der Waals surface area contributed by atoms with Gasteiger partial charge in [-0.2, -0.15) is 0 Å². The Kier molecular flexibility index (Phi) is 7.90. The molecule has 1 aromatic carbocycles. The van der Waals surface area contributed by atoms with Crippen molar-refractivity contribution in [1.82, 2.24) is 0 Å². The maximum Gasteiger partial charge on any atom is 0.316 e. The van der Waals surface area contributed by atoms with Crippen molar-refractivity contribution in [2.45, 2.75) is 6.92 Å². The molecule has 1 rings (SSSR count). The van der Waals surface area contributed by atoms with Gasteiger partial charge >= 0.3 is 23.1 Å². The minimum absolute atomic E-state index is 0. The molecule has 48 valence electrons. The highest BCUT2D eigenvalue weighted by Crippen LogP contribution is 1.92. The molecule has 0 atom stereocenters. The predicted octanol–water partition coefficient (Wildman–Crippen LogP) is 0.254. The van der Waals surface area contributed by atoms with E-state index < -0.39 is 0 Å². The van der Waals surface area contributed by atoms with E-state index in [1.54, 1.807) is 0 Å². The molecular weight excluding hydrogens is 124 g/mol. The Morgan fingerprint density at radius 1 is 1.00 bits per heavy atom. The van der Waals surface area contributed by atoms with Gasteiger partial charge in [0, 0.05) is 0 Å². The number of hydrogen-bond acceptors (Lipinski definition) is 0. The second-order valence-corrected chi connectivity index (χ2v) is 1.65. The highest BCUT2D eigenvalue weighted by molar-refractivity contribution is 5.75. The van der Waals surface area contributed by atoms with Gasteiger partial charge in [0.2, 0.25) is 0 Å². The summed E-state index contributed by atoms with van der Waals surface area (Å²) in [6.45, 7) is 2.08. The molecular formula is C7H12MgO. The number of aryl methyl sites for hydroxylation is 1. The first-order valence-corrected chi connectivity index (χ1v) is 2.41. The molecule has 0 unspecified atom stereocenters. The molecule has 0 heterocycles. The quantitative estimate of drug-likeness (QED) is 0.458. The third-order valence-corrected chi connectivity index (χ3v) is 0.940. The zero-order chi connectivity index (χ0) is 5.11. The van der Waals surface area contributed by atoms with Crippen molar-refractivity contribution in [1.29, 1.82) is 0 Å². The Balaban J connectivity index is 0. The SMILES string of the molecule is Cc1ccccc1.O.[MgH2]. The molecule has 0 fully saturated rings. The largest absolute Gasteiger partial charge is 0.412 e. The van der Waals surface area contributed by atoms with Crippen LogP contribution in [-0.2, 0) is 0 Å². The zero-order valence-corrected chi connectivity index (χ0v) is 4.89. The molecule has 0 saturated heterocycles. The Morgan fingerprint density at radius 3 is 1.67 bits per heavy atom. The van der Waals surface area contributed by atoms with Crippen LogP contribution in [0.3, 0.4) is 0 Å². The van der Waals surface area contributed by atoms with Crippen LogP contribution in [0.1, 0.15) is 5.56 Å². The van der Waals surface area contributed by atoms with Gasteiger partial charge in [-0.25, -0.2) is 0 Å². The highest BCUT2D eigenvalue weighted by Gasteiger charge is 1.72. The van der Waals surface area contributed by atoms with Crippen molar-refractivity contribution >= 4 is 23.1 Å². The first-order valence-electron chi connectivity index (χ1n) is 2.41. The van der Waals surface area contributed by atoms with E-state index in [0.29, 0.717) is 0 Å². The summed E-state index contributed by atoms with van der Waals surface area (Å²) in [6, 6.07) is 10.3. The van der Waals surface area contributed by atoms with E-state index in [2.05, 4.69) is 19.1 Å². The van der Waals surface area contributed by atoms with E-state index in [-0.39, 0.29) is 28.5 Å². The summed E-state index contributed by atoms with van der Waals surface area (Å²) in [5.41, 5.74) is 1.32. The number of rotatable bonds is 0. The van der Waals surface area contributed by atoms with Crippen LogP contribution in [0.4, 0.5) is 0 Å². The number of hydrogen-bond donors (Lipinski definition) is 0. The van der Waals surface area contributed by atoms with Crippen molar-refractivity contribution in [3.05, 3.63) is 35.9 Å². The fraction of sp³-hybridized carbons (Fsp3) is 0.143. The second kappa shape index (κ2) is 6.07. The summed E-state index contributed by atoms with van der Waals surface area (Å²) in [5, 5.41) is 0. The van der Waals surface area contributed by atoms with Crippen LogP contribution in [0, 0.1) is 6.92 Å². The fourth-order valence-electron chi connectivity index (χ4n) is 0.534. The van der Waals surface area contributed by atoms with Gasteiger partial charge in [-0.1, -0.05) is 35.9 Å². The van der Waals surface area contributed by atoms with E-state index in [0.717, 1.165) is 0 Å². The van der Waals surface area contributed by atoms with Gasteiger partial charge in [0.1, 0.15) is 0 Å². The second-order valence-electron chi connectivity index (χ2n) is 1.65. The van der Waals surface area contributed by atoms with Crippen LogP contribution < -0.4 is 0 Å². The minimum Gasteiger partial charge on any atom is -0.412 e. The molecule has 1 nitrogen and oxygen atoms in total. The lowest BCUT2D eigenvalue weighted by molar-refractivity contribution is 0.824. The normalized spacial score (nSPS) is 6.78. The molecule has 9 heavy (non-hydrogen) atoms. The molecule has 0 aliphatic rings. The van der Waals surface area contributed by atoms with Crippen molar-refractivity contribution in [3.8, 4) is 0 Å². The molecule has 0 amide bonds. The van der Waals surface area contributed by atoms with Crippen LogP contribution >= 0.6 is 0 Å². The van der Waals surface area contributed by atoms with E-state index in [9.17, 15) is 0 Å². The van der Waals surface area contributed by atoms with Gasteiger partial charge < -0.3 is 5.48 Å². The lowest BCUT2D eigenvalue weighted by Gasteiger charge is -1.82. The van der Waals surface area contributed by atoms with E-state index >= 15 is 0 Å². The topological polar surface area (TPSA) is 31.5 Å². The van der Waals surface area contributed by atoms with Gasteiger partial charge in [0.25, 0.3) is 0 Å². The van der Waals surface area contributed by atoms with Crippen molar-refractivity contribution in [2.24, 2.45) is 0 Å². The van der Waals surface area contributed by atoms with Crippen LogP contribution in [0.25, 0.3) is 0 Å². The molecule has 0 radical (unpaired) electrons. The molecule has 1 aromatic rings. The van der Waals surface area contributed by atoms with Gasteiger partial charge in [0.15, 0.2) is 0 Å². The summed E-state index contributed by atoms with van der Waals surface area (Å²) in [6.07, 6.45) is 0. The maximum atomic E-state index is 2.08. The Morgan fingerprint density at radius 2 is 1.44 bits per heavy atom. The average Bonchev–Trinajstić information content (AvgIpc) is 1.69. The van der Waals surface area contributed by atoms with E-state index in [4.69, 9.17) is 0 Å². The number of benzene rings is 1. The molecule has 0 saturated carbocycles. The van der Waals surface area contributed by atoms with Gasteiger partial charge in [-0.05, 0) is 6.92 Å². The molecule has 0 aliphatic heterocycles. The third kappa shape index (κ3) is 4.45. The first-order chi connectivity index (χ1) is 3.39. The molecule has 2 N–H and O–H groups in total. The smallest absolute Gasteiger partial charge is 0.316 e. The van der Waals surface area contributed by atoms with Crippen LogP contribution in [0.5, 0.6) is 0 Å². The van der Waals surface area contributed by atoms with Crippen LogP contribution in [0.2, 0.25) is 0 Å². The fourth-order valence-corrected chi connectivity index (χ4v) is 0.534. The monoisotopic (exact) mass is 136 g/mol. The minimum atomic E-state index is 0. The molecule has 0 aromatic heterocycles. The van der Waals surface area contributed by atoms with Gasteiger partial charge in [-0.3, -0.25) is 0 Å². The highest BCUT2D eigenvalue weighted by atomic mass is 24.3. The van der Waals surface area contributed by atoms with Gasteiger partial charge in [0.05, 0.1) is 0 Å². The zero-order valence-electron chi connectivity index (χ0n) is 4.89. The van der Waals surface area contributed by atoms with Crippen LogP contribution in [-0.4, -0.2) is 28.5 Å². The van der Waals surface area contributed by atoms with E-state index in [1.807, 2.05) is 18.2 Å². The predicted molar refractivity (Wildman–Crippen MR) is 43.3 cm³/mol. The lowest BCUT2D eigenvalue weighted by Crippen LogP contribution is -1.62. The van der Waals surface area contributed by atoms with Gasteiger partial charge in [-0.15, -0.1) is 0 Å². The molecule has 0 bridgehead atoms.